The summed E-state index contributed by atoms with van der Waals surface area (Å²) < 4.78 is 0. The minimum absolute atomic E-state index is 0.00343. The summed E-state index contributed by atoms with van der Waals surface area (Å²) in [5.41, 5.74) is -4.88. The van der Waals surface area contributed by atoms with Gasteiger partial charge in [-0.2, -0.15) is 0 Å². The molecule has 3 aliphatic carbocycles. The largest absolute Gasteiger partial charge is 0.507 e. The number of aldehydes is 1. The average Bonchev–Trinajstić information content (AvgIpc) is 2.91. The number of halogens is 1. The van der Waals surface area contributed by atoms with E-state index in [9.17, 15) is 35.1 Å². The molecule has 5 atom stereocenters. The molecule has 7 nitrogen and oxygen atoms in total. The first-order chi connectivity index (χ1) is 14.1. The average molecular weight is 451 g/mol. The molecule has 0 unspecified atom stereocenters. The molecule has 8 heteroatoms. The predicted molar refractivity (Wildman–Crippen MR) is 112 cm³/mol. The number of carbonyl (C=O) groups is 2. The van der Waals surface area contributed by atoms with Gasteiger partial charge >= 0.3 is 5.97 Å². The molecule has 0 saturated heterocycles. The van der Waals surface area contributed by atoms with Crippen LogP contribution in [0, 0.1) is 23.7 Å². The second-order valence-corrected chi connectivity index (χ2v) is 10.9. The third-order valence-corrected chi connectivity index (χ3v) is 8.55. The molecule has 4 rings (SSSR count). The summed E-state index contributed by atoms with van der Waals surface area (Å²) in [7, 11) is 0. The van der Waals surface area contributed by atoms with Crippen LogP contribution in [0.1, 0.15) is 67.4 Å². The van der Waals surface area contributed by atoms with Crippen molar-refractivity contribution in [2.45, 2.75) is 64.1 Å². The first-order valence-electron chi connectivity index (χ1n) is 10.2. The standard InChI is InChI=1S/C23H27ClO7/c1-10-14(19(28)29)17(26)15(18(27)16(10)24)12-6-21(4)13-7-20(2,3)9-22(13,30)5-11(8-25)23(12,21)31/h5,8,12-13,26-27,30-31H,6-7,9H2,1-4H3,(H,28,29)/t12-,13-,21-,22+,23+/m1/s1. The Morgan fingerprint density at radius 3 is 2.32 bits per heavy atom. The second-order valence-electron chi connectivity index (χ2n) is 10.5. The van der Waals surface area contributed by atoms with E-state index in [0.717, 1.165) is 0 Å². The van der Waals surface area contributed by atoms with Crippen molar-refractivity contribution in [3.05, 3.63) is 33.4 Å². The van der Waals surface area contributed by atoms with Gasteiger partial charge in [-0.15, -0.1) is 0 Å². The highest BCUT2D eigenvalue weighted by Crippen LogP contribution is 2.74. The molecule has 0 aliphatic heterocycles. The molecule has 5 N–H and O–H groups in total. The van der Waals surface area contributed by atoms with Crippen LogP contribution in [0.4, 0.5) is 0 Å². The zero-order chi connectivity index (χ0) is 23.3. The number of aliphatic hydroxyl groups is 2. The van der Waals surface area contributed by atoms with Crippen LogP contribution in [0.3, 0.4) is 0 Å². The van der Waals surface area contributed by atoms with E-state index in [2.05, 4.69) is 0 Å². The fraction of sp³-hybridized carbons (Fsp3) is 0.565. The van der Waals surface area contributed by atoms with E-state index in [1.165, 1.54) is 13.0 Å². The Morgan fingerprint density at radius 2 is 1.77 bits per heavy atom. The van der Waals surface area contributed by atoms with Gasteiger partial charge in [0.05, 0.1) is 10.6 Å². The summed E-state index contributed by atoms with van der Waals surface area (Å²) in [6.07, 6.45) is 3.18. The molecular weight excluding hydrogens is 424 g/mol. The first kappa shape index (κ1) is 22.1. The van der Waals surface area contributed by atoms with Crippen LogP contribution >= 0.6 is 11.6 Å². The predicted octanol–water partition coefficient (Wildman–Crippen LogP) is 3.29. The zero-order valence-corrected chi connectivity index (χ0v) is 18.6. The molecule has 1 aromatic carbocycles. The van der Waals surface area contributed by atoms with Crippen molar-refractivity contribution in [2.75, 3.05) is 0 Å². The molecular formula is C23H27ClO7. The van der Waals surface area contributed by atoms with E-state index < -0.39 is 45.6 Å². The Morgan fingerprint density at radius 1 is 1.16 bits per heavy atom. The minimum atomic E-state index is -1.81. The molecule has 3 aliphatic rings. The van der Waals surface area contributed by atoms with Crippen LogP contribution < -0.4 is 0 Å². The van der Waals surface area contributed by atoms with Crippen LogP contribution in [0.2, 0.25) is 5.02 Å². The van der Waals surface area contributed by atoms with E-state index in [4.69, 9.17) is 11.6 Å². The number of phenols is 2. The number of rotatable bonds is 3. The van der Waals surface area contributed by atoms with Gasteiger partial charge in [-0.1, -0.05) is 32.4 Å². The maximum absolute atomic E-state index is 12.0. The van der Waals surface area contributed by atoms with Crippen molar-refractivity contribution < 1.29 is 35.1 Å². The smallest absolute Gasteiger partial charge is 0.339 e. The second kappa shape index (κ2) is 6.24. The summed E-state index contributed by atoms with van der Waals surface area (Å²) in [5, 5.41) is 54.1. The number of carbonyl (C=O) groups excluding carboxylic acids is 1. The number of hydrogen-bond acceptors (Lipinski definition) is 6. The third kappa shape index (κ3) is 2.54. The van der Waals surface area contributed by atoms with Gasteiger partial charge < -0.3 is 25.5 Å². The molecule has 2 saturated carbocycles. The fourth-order valence-corrected chi connectivity index (χ4v) is 6.99. The van der Waals surface area contributed by atoms with Crippen molar-refractivity contribution >= 4 is 23.9 Å². The zero-order valence-electron chi connectivity index (χ0n) is 17.9. The highest BCUT2D eigenvalue weighted by atomic mass is 35.5. The van der Waals surface area contributed by atoms with Gasteiger partial charge in [-0.25, -0.2) is 4.79 Å². The van der Waals surface area contributed by atoms with E-state index in [1.807, 2.05) is 13.8 Å². The number of aromatic carboxylic acids is 1. The topological polar surface area (TPSA) is 135 Å². The lowest BCUT2D eigenvalue weighted by molar-refractivity contribution is -0.215. The van der Waals surface area contributed by atoms with Crippen LogP contribution in [-0.2, 0) is 4.79 Å². The van der Waals surface area contributed by atoms with Gasteiger partial charge in [-0.05, 0) is 43.2 Å². The van der Waals surface area contributed by atoms with Crippen molar-refractivity contribution in [3.8, 4) is 11.5 Å². The summed E-state index contributed by atoms with van der Waals surface area (Å²) in [6.45, 7) is 7.20. The quantitative estimate of drug-likeness (QED) is 0.446. The number of fused-ring (bicyclic) bond motifs is 3. The third-order valence-electron chi connectivity index (χ3n) is 8.09. The molecule has 0 spiro atoms. The number of carboxylic acids is 1. The Kier molecular flexibility index (Phi) is 4.45. The Bertz CT molecular complexity index is 1060. The summed E-state index contributed by atoms with van der Waals surface area (Å²) in [5.74, 6) is -3.94. The number of carboxylic acid groups (broad SMARTS) is 1. The monoisotopic (exact) mass is 450 g/mol. The molecule has 0 amide bonds. The van der Waals surface area contributed by atoms with Crippen LogP contribution in [-0.4, -0.2) is 49.0 Å². The molecule has 1 aromatic rings. The molecule has 2 fully saturated rings. The number of benzene rings is 1. The lowest BCUT2D eigenvalue weighted by Crippen LogP contribution is -2.70. The molecule has 0 heterocycles. The van der Waals surface area contributed by atoms with Crippen LogP contribution in [0.5, 0.6) is 11.5 Å². The summed E-state index contributed by atoms with van der Waals surface area (Å²) in [6, 6.07) is 0. The van der Waals surface area contributed by atoms with E-state index in [-0.39, 0.29) is 39.5 Å². The van der Waals surface area contributed by atoms with Crippen LogP contribution in [0.25, 0.3) is 0 Å². The minimum Gasteiger partial charge on any atom is -0.507 e. The van der Waals surface area contributed by atoms with Gasteiger partial charge in [0.25, 0.3) is 0 Å². The van der Waals surface area contributed by atoms with Crippen molar-refractivity contribution in [1.82, 2.24) is 0 Å². The van der Waals surface area contributed by atoms with E-state index >= 15 is 0 Å². The van der Waals surface area contributed by atoms with Crippen LogP contribution in [0.15, 0.2) is 11.6 Å². The molecule has 0 radical (unpaired) electrons. The lowest BCUT2D eigenvalue weighted by Gasteiger charge is -2.67. The Labute approximate surface area is 185 Å². The lowest BCUT2D eigenvalue weighted by atomic mass is 9.39. The van der Waals surface area contributed by atoms with Gasteiger partial charge in [-0.3, -0.25) is 4.79 Å². The molecule has 31 heavy (non-hydrogen) atoms. The highest BCUT2D eigenvalue weighted by Gasteiger charge is 2.75. The number of hydrogen-bond donors (Lipinski definition) is 5. The van der Waals surface area contributed by atoms with E-state index in [1.54, 1.807) is 6.92 Å². The molecule has 0 aromatic heterocycles. The SMILES string of the molecule is Cc1c(Cl)c(O)c([C@H]2C[C@]3(C)[C@H]4CC(C)(C)C[C@@]4(O)C=C(C=O)[C@]23O)c(O)c1C(=O)O. The van der Waals surface area contributed by atoms with Gasteiger partial charge in [0, 0.05) is 28.4 Å². The van der Waals surface area contributed by atoms with Gasteiger partial charge in [0.1, 0.15) is 28.9 Å². The molecule has 168 valence electrons. The summed E-state index contributed by atoms with van der Waals surface area (Å²) in [4.78, 5) is 23.8. The summed E-state index contributed by atoms with van der Waals surface area (Å²) >= 11 is 6.17. The van der Waals surface area contributed by atoms with Crippen molar-refractivity contribution in [3.63, 3.8) is 0 Å². The Hall–Kier alpha value is -2.09. The van der Waals surface area contributed by atoms with Gasteiger partial charge in [0.2, 0.25) is 0 Å². The normalized spacial score (nSPS) is 38.0. The fourth-order valence-electron chi connectivity index (χ4n) is 6.79. The maximum Gasteiger partial charge on any atom is 0.339 e. The maximum atomic E-state index is 12.0. The van der Waals surface area contributed by atoms with Crippen molar-refractivity contribution in [2.24, 2.45) is 16.7 Å². The van der Waals surface area contributed by atoms with Crippen molar-refractivity contribution in [1.29, 1.82) is 0 Å². The van der Waals surface area contributed by atoms with E-state index in [0.29, 0.717) is 19.1 Å². The highest BCUT2D eigenvalue weighted by molar-refractivity contribution is 6.33. The Balaban J connectivity index is 1.94. The molecule has 0 bridgehead atoms. The first-order valence-corrected chi connectivity index (χ1v) is 10.6. The van der Waals surface area contributed by atoms with Gasteiger partial charge in [0.15, 0.2) is 0 Å². The number of aromatic hydroxyl groups is 2. The number of phenolic OH excluding ortho intramolecular Hbond substituents is 1.